The number of thiazole rings is 1. The van der Waals surface area contributed by atoms with Gasteiger partial charge in [0.05, 0.1) is 7.11 Å². The van der Waals surface area contributed by atoms with E-state index < -0.39 is 5.54 Å². The van der Waals surface area contributed by atoms with Crippen molar-refractivity contribution < 1.29 is 9.53 Å². The molecule has 2 atom stereocenters. The van der Waals surface area contributed by atoms with Crippen LogP contribution in [0.5, 0.6) is 0 Å². The molecule has 1 heterocycles. The van der Waals surface area contributed by atoms with Gasteiger partial charge in [-0.3, -0.25) is 4.79 Å². The lowest BCUT2D eigenvalue weighted by atomic mass is 9.85. The number of aromatic nitrogens is 1. The van der Waals surface area contributed by atoms with Crippen molar-refractivity contribution in [1.82, 2.24) is 10.3 Å². The van der Waals surface area contributed by atoms with E-state index in [1.54, 1.807) is 23.1 Å². The predicted molar refractivity (Wildman–Crippen MR) is 87.8 cm³/mol. The Labute approximate surface area is 135 Å². The van der Waals surface area contributed by atoms with E-state index in [0.717, 1.165) is 48.7 Å². The number of hydrogen-bond donors (Lipinski definition) is 1. The number of rotatable bonds is 8. The molecular formula is C15H24N2O2S2. The number of methoxy groups -OCH3 is 1. The van der Waals surface area contributed by atoms with Gasteiger partial charge in [0.15, 0.2) is 0 Å². The summed E-state index contributed by atoms with van der Waals surface area (Å²) in [5, 5.41) is 5.49. The Balaban J connectivity index is 1.96. The summed E-state index contributed by atoms with van der Waals surface area (Å²) >= 11 is 3.46. The van der Waals surface area contributed by atoms with Gasteiger partial charge in [0.1, 0.15) is 9.88 Å². The van der Waals surface area contributed by atoms with Crippen LogP contribution in [0.15, 0.2) is 15.9 Å². The standard InChI is InChI=1S/C15H24N2O2S2/c1-3-8-17-15(13(18)19-2)7-4-5-12(15)6-10-20-14-16-9-11-21-14/h9,11-12,17H,3-8,10H2,1-2H3. The van der Waals surface area contributed by atoms with Gasteiger partial charge in [0, 0.05) is 17.3 Å². The molecule has 1 aliphatic carbocycles. The topological polar surface area (TPSA) is 51.2 Å². The first kappa shape index (κ1) is 16.8. The molecule has 0 saturated heterocycles. The third-order valence-corrected chi connectivity index (χ3v) is 6.16. The van der Waals surface area contributed by atoms with E-state index in [0.29, 0.717) is 5.92 Å². The lowest BCUT2D eigenvalue weighted by molar-refractivity contribution is -0.150. The summed E-state index contributed by atoms with van der Waals surface area (Å²) in [6.45, 7) is 2.99. The molecule has 21 heavy (non-hydrogen) atoms. The Morgan fingerprint density at radius 1 is 1.67 bits per heavy atom. The van der Waals surface area contributed by atoms with E-state index in [1.165, 1.54) is 7.11 Å². The van der Waals surface area contributed by atoms with E-state index in [2.05, 4.69) is 17.2 Å². The van der Waals surface area contributed by atoms with Crippen LogP contribution in [0, 0.1) is 5.92 Å². The summed E-state index contributed by atoms with van der Waals surface area (Å²) in [6, 6.07) is 0. The van der Waals surface area contributed by atoms with E-state index in [9.17, 15) is 4.79 Å². The number of hydrogen-bond acceptors (Lipinski definition) is 6. The first-order valence-electron chi connectivity index (χ1n) is 7.58. The Hall–Kier alpha value is -0.590. The quantitative estimate of drug-likeness (QED) is 0.586. The number of thioether (sulfide) groups is 1. The highest BCUT2D eigenvalue weighted by molar-refractivity contribution is 8.00. The summed E-state index contributed by atoms with van der Waals surface area (Å²) in [5.41, 5.74) is -0.464. The van der Waals surface area contributed by atoms with E-state index >= 15 is 0 Å². The first-order chi connectivity index (χ1) is 10.2. The van der Waals surface area contributed by atoms with Crippen molar-refractivity contribution in [1.29, 1.82) is 0 Å². The van der Waals surface area contributed by atoms with Crippen LogP contribution >= 0.6 is 23.1 Å². The molecule has 2 rings (SSSR count). The van der Waals surface area contributed by atoms with Gasteiger partial charge in [0.25, 0.3) is 0 Å². The highest BCUT2D eigenvalue weighted by Gasteiger charge is 2.48. The van der Waals surface area contributed by atoms with Gasteiger partial charge >= 0.3 is 5.97 Å². The fourth-order valence-electron chi connectivity index (χ4n) is 3.14. The first-order valence-corrected chi connectivity index (χ1v) is 9.45. The monoisotopic (exact) mass is 328 g/mol. The fraction of sp³-hybridized carbons (Fsp3) is 0.733. The van der Waals surface area contributed by atoms with Crippen LogP contribution in [0.2, 0.25) is 0 Å². The summed E-state index contributed by atoms with van der Waals surface area (Å²) < 4.78 is 6.21. The van der Waals surface area contributed by atoms with Gasteiger partial charge in [0.2, 0.25) is 0 Å². The minimum Gasteiger partial charge on any atom is -0.468 e. The minimum atomic E-state index is -0.464. The average molecular weight is 329 g/mol. The van der Waals surface area contributed by atoms with Crippen molar-refractivity contribution in [3.63, 3.8) is 0 Å². The molecule has 1 aliphatic rings. The molecule has 0 radical (unpaired) electrons. The molecule has 0 aliphatic heterocycles. The fourth-order valence-corrected chi connectivity index (χ4v) is 4.90. The lowest BCUT2D eigenvalue weighted by Gasteiger charge is -2.34. The SMILES string of the molecule is CCCNC1(C(=O)OC)CCCC1CCSc1nccs1. The second kappa shape index (κ2) is 8.15. The molecule has 4 nitrogen and oxygen atoms in total. The number of nitrogens with zero attached hydrogens (tertiary/aromatic N) is 1. The van der Waals surface area contributed by atoms with Crippen LogP contribution in [0.4, 0.5) is 0 Å². The van der Waals surface area contributed by atoms with Crippen molar-refractivity contribution in [2.45, 2.75) is 48.9 Å². The van der Waals surface area contributed by atoms with Crippen molar-refractivity contribution in [3.05, 3.63) is 11.6 Å². The van der Waals surface area contributed by atoms with Crippen LogP contribution in [0.3, 0.4) is 0 Å². The highest BCUT2D eigenvalue weighted by atomic mass is 32.2. The number of carbonyl (C=O) groups excluding carboxylic acids is 1. The van der Waals surface area contributed by atoms with Crippen LogP contribution in [-0.2, 0) is 9.53 Å². The van der Waals surface area contributed by atoms with Crippen LogP contribution in [0.25, 0.3) is 0 Å². The molecule has 1 fully saturated rings. The van der Waals surface area contributed by atoms with Gasteiger partial charge in [-0.15, -0.1) is 11.3 Å². The van der Waals surface area contributed by atoms with Gasteiger partial charge in [-0.2, -0.15) is 0 Å². The molecular weight excluding hydrogens is 304 g/mol. The maximum absolute atomic E-state index is 12.3. The maximum Gasteiger partial charge on any atom is 0.326 e. The van der Waals surface area contributed by atoms with Crippen molar-refractivity contribution >= 4 is 29.1 Å². The largest absolute Gasteiger partial charge is 0.468 e. The zero-order valence-corrected chi connectivity index (χ0v) is 14.4. The summed E-state index contributed by atoms with van der Waals surface area (Å²) in [5.74, 6) is 1.28. The molecule has 6 heteroatoms. The van der Waals surface area contributed by atoms with E-state index in [-0.39, 0.29) is 5.97 Å². The number of esters is 1. The van der Waals surface area contributed by atoms with E-state index in [4.69, 9.17) is 4.74 Å². The second-order valence-electron chi connectivity index (χ2n) is 5.41. The minimum absolute atomic E-state index is 0.0855. The Bertz CT molecular complexity index is 439. The molecule has 1 aromatic rings. The molecule has 118 valence electrons. The maximum atomic E-state index is 12.3. The highest BCUT2D eigenvalue weighted by Crippen LogP contribution is 2.40. The Kier molecular flexibility index (Phi) is 6.51. The number of nitrogens with one attached hydrogen (secondary N) is 1. The van der Waals surface area contributed by atoms with Crippen LogP contribution < -0.4 is 5.32 Å². The zero-order chi connectivity index (χ0) is 15.1. The molecule has 1 aromatic heterocycles. The van der Waals surface area contributed by atoms with Crippen LogP contribution in [0.1, 0.15) is 39.0 Å². The molecule has 2 unspecified atom stereocenters. The normalized spacial score (nSPS) is 25.1. The van der Waals surface area contributed by atoms with E-state index in [1.807, 2.05) is 11.6 Å². The lowest BCUT2D eigenvalue weighted by Crippen LogP contribution is -2.55. The third-order valence-electron chi connectivity index (χ3n) is 4.16. The summed E-state index contributed by atoms with van der Waals surface area (Å²) in [7, 11) is 1.50. The molecule has 1 N–H and O–H groups in total. The molecule has 0 spiro atoms. The van der Waals surface area contributed by atoms with Gasteiger partial charge in [-0.1, -0.05) is 25.1 Å². The summed E-state index contributed by atoms with van der Waals surface area (Å²) in [4.78, 5) is 16.6. The Morgan fingerprint density at radius 2 is 2.52 bits per heavy atom. The van der Waals surface area contributed by atoms with Crippen LogP contribution in [-0.4, -0.2) is 35.9 Å². The number of ether oxygens (including phenoxy) is 1. The third kappa shape index (κ3) is 3.99. The Morgan fingerprint density at radius 3 is 3.19 bits per heavy atom. The average Bonchev–Trinajstić information content (AvgIpc) is 3.15. The zero-order valence-electron chi connectivity index (χ0n) is 12.8. The van der Waals surface area contributed by atoms with Gasteiger partial charge in [-0.05, 0) is 38.1 Å². The van der Waals surface area contributed by atoms with Crippen molar-refractivity contribution in [2.24, 2.45) is 5.92 Å². The number of carbonyl (C=O) groups is 1. The second-order valence-corrected chi connectivity index (χ2v) is 7.65. The molecule has 0 amide bonds. The van der Waals surface area contributed by atoms with Crippen molar-refractivity contribution in [2.75, 3.05) is 19.4 Å². The molecule has 0 bridgehead atoms. The van der Waals surface area contributed by atoms with Crippen molar-refractivity contribution in [3.8, 4) is 0 Å². The molecule has 0 aromatic carbocycles. The van der Waals surface area contributed by atoms with Gasteiger partial charge in [-0.25, -0.2) is 4.98 Å². The smallest absolute Gasteiger partial charge is 0.326 e. The predicted octanol–water partition coefficient (Wildman–Crippen LogP) is 3.34. The summed E-state index contributed by atoms with van der Waals surface area (Å²) in [6.07, 6.45) is 6.98. The van der Waals surface area contributed by atoms with Gasteiger partial charge < -0.3 is 10.1 Å². The molecule has 1 saturated carbocycles.